The van der Waals surface area contributed by atoms with E-state index in [0.717, 1.165) is 29.3 Å². The van der Waals surface area contributed by atoms with Crippen molar-refractivity contribution in [1.29, 1.82) is 0 Å². The molecule has 3 aromatic rings. The van der Waals surface area contributed by atoms with Crippen molar-refractivity contribution in [1.82, 2.24) is 34.7 Å². The molecule has 4 heterocycles. The highest BCUT2D eigenvalue weighted by atomic mass is 19.1. The van der Waals surface area contributed by atoms with Crippen molar-refractivity contribution >= 4 is 11.9 Å². The Morgan fingerprint density at radius 2 is 1.84 bits per heavy atom. The maximum atomic E-state index is 14.2. The Bertz CT molecular complexity index is 1360. The minimum absolute atomic E-state index is 0.0713. The van der Waals surface area contributed by atoms with Gasteiger partial charge in [-0.2, -0.15) is 0 Å². The van der Waals surface area contributed by atoms with Crippen LogP contribution in [-0.4, -0.2) is 75.5 Å². The number of imidazole rings is 1. The molecular weight excluding hydrogens is 506 g/mol. The monoisotopic (exact) mass is 532 g/mol. The zero-order valence-corrected chi connectivity index (χ0v) is 20.5. The van der Waals surface area contributed by atoms with E-state index in [9.17, 15) is 18.4 Å². The van der Waals surface area contributed by atoms with Crippen LogP contribution < -0.4 is 5.73 Å². The molecule has 2 aliphatic rings. The number of ether oxygens (including phenoxy) is 1. The number of rotatable bonds is 5. The van der Waals surface area contributed by atoms with Crippen molar-refractivity contribution in [3.05, 3.63) is 58.9 Å². The number of tetrazole rings is 1. The van der Waals surface area contributed by atoms with Crippen LogP contribution in [0.4, 0.5) is 8.78 Å². The number of aromatic nitrogens is 6. The number of carboxylic acid groups (broad SMARTS) is 2. The van der Waals surface area contributed by atoms with Crippen LogP contribution in [0.1, 0.15) is 29.5 Å². The zero-order chi connectivity index (χ0) is 27.6. The highest BCUT2D eigenvalue weighted by Gasteiger charge is 2.38. The second-order valence-electron chi connectivity index (χ2n) is 8.90. The van der Waals surface area contributed by atoms with Crippen LogP contribution in [0.25, 0.3) is 11.6 Å². The number of aliphatic carboxylic acids is 2. The zero-order valence-electron chi connectivity index (χ0n) is 20.5. The number of aryl methyl sites for hydroxylation is 1. The number of carboxylic acids is 2. The number of nitrogens with two attached hydrogens (primary N) is 1. The van der Waals surface area contributed by atoms with Gasteiger partial charge in [-0.25, -0.2) is 28.0 Å². The van der Waals surface area contributed by atoms with Gasteiger partial charge in [-0.3, -0.25) is 4.90 Å². The molecule has 1 aromatic carbocycles. The van der Waals surface area contributed by atoms with E-state index in [0.29, 0.717) is 44.1 Å². The Labute approximate surface area is 215 Å². The van der Waals surface area contributed by atoms with Crippen molar-refractivity contribution in [3.8, 4) is 11.6 Å². The number of hydrogen-bond acceptors (Lipinski definition) is 9. The van der Waals surface area contributed by atoms with Gasteiger partial charge in [-0.15, -0.1) is 5.10 Å². The largest absolute Gasteiger partial charge is 0.478 e. The lowest BCUT2D eigenvalue weighted by atomic mass is 9.93. The summed E-state index contributed by atoms with van der Waals surface area (Å²) in [5.41, 5.74) is 8.56. The van der Waals surface area contributed by atoms with Crippen molar-refractivity contribution in [2.24, 2.45) is 19.8 Å². The maximum Gasteiger partial charge on any atom is 0.328 e. The fourth-order valence-electron chi connectivity index (χ4n) is 4.52. The summed E-state index contributed by atoms with van der Waals surface area (Å²) in [5.74, 6) is -2.18. The first-order chi connectivity index (χ1) is 18.0. The standard InChI is InChI=1S/C19H22F2N8O.C4H4O4/c1-27-16-8-29(7-15(16)23-18(27)19-24-25-26-28(19)2)11-6-14(22)17(30-9-11)12-5-10(20)3-4-13(12)21;5-3(6)1-2-4(7)8/h3-5,11,14,17H,6-9,22H2,1-2H3;1-2H,(H,5,6)(H,7,8)/b;2-1+/t11-,14+,17-;/m1./s1. The number of fused-ring (bicyclic) bond motifs is 1. The molecule has 38 heavy (non-hydrogen) atoms. The molecule has 4 N–H and O–H groups in total. The molecule has 13 nitrogen and oxygen atoms in total. The Morgan fingerprint density at radius 3 is 2.42 bits per heavy atom. The van der Waals surface area contributed by atoms with E-state index >= 15 is 0 Å². The first-order valence-electron chi connectivity index (χ1n) is 11.5. The molecule has 1 saturated heterocycles. The molecule has 2 aromatic heterocycles. The second kappa shape index (κ2) is 11.1. The van der Waals surface area contributed by atoms with Crippen LogP contribution in [0.2, 0.25) is 0 Å². The Balaban J connectivity index is 0.000000368. The van der Waals surface area contributed by atoms with Gasteiger partial charge in [0.2, 0.25) is 5.82 Å². The van der Waals surface area contributed by atoms with Gasteiger partial charge in [0.1, 0.15) is 17.7 Å². The van der Waals surface area contributed by atoms with Gasteiger partial charge in [0.15, 0.2) is 5.82 Å². The highest BCUT2D eigenvalue weighted by molar-refractivity contribution is 5.89. The molecule has 0 amide bonds. The minimum atomic E-state index is -1.26. The van der Waals surface area contributed by atoms with E-state index in [1.54, 1.807) is 11.7 Å². The second-order valence-corrected chi connectivity index (χ2v) is 8.90. The Kier molecular flexibility index (Phi) is 7.89. The third-order valence-electron chi connectivity index (χ3n) is 6.37. The number of carbonyl (C=O) groups is 2. The van der Waals surface area contributed by atoms with E-state index in [4.69, 9.17) is 25.7 Å². The first-order valence-corrected chi connectivity index (χ1v) is 11.5. The SMILES string of the molecule is Cn1nnnc1-c1nc2c(n1C)CN([C@H]1CO[C@H](c3cc(F)ccc3F)[C@@H](N)C1)C2.O=C(O)/C=C/C(=O)O. The lowest BCUT2D eigenvalue weighted by molar-refractivity contribution is -0.134. The molecule has 2 aliphatic heterocycles. The van der Waals surface area contributed by atoms with Gasteiger partial charge in [-0.05, 0) is 35.0 Å². The van der Waals surface area contributed by atoms with Gasteiger partial charge in [0.05, 0.1) is 18.0 Å². The highest BCUT2D eigenvalue weighted by Crippen LogP contribution is 2.35. The normalized spacial score (nSPS) is 21.2. The van der Waals surface area contributed by atoms with Gasteiger partial charge in [0, 0.05) is 57.0 Å². The summed E-state index contributed by atoms with van der Waals surface area (Å²) in [6.45, 7) is 1.75. The summed E-state index contributed by atoms with van der Waals surface area (Å²) in [7, 11) is 3.73. The molecule has 0 unspecified atom stereocenters. The molecule has 1 fully saturated rings. The minimum Gasteiger partial charge on any atom is -0.478 e. The molecular formula is C23H26F2N8O5. The maximum absolute atomic E-state index is 14.2. The Morgan fingerprint density at radius 1 is 1.13 bits per heavy atom. The lowest BCUT2D eigenvalue weighted by Crippen LogP contribution is -2.47. The van der Waals surface area contributed by atoms with Crippen LogP contribution in [-0.2, 0) is 41.5 Å². The fraction of sp³-hybridized carbons (Fsp3) is 0.391. The third kappa shape index (κ3) is 5.74. The molecule has 0 bridgehead atoms. The van der Waals surface area contributed by atoms with Crippen LogP contribution in [0.3, 0.4) is 0 Å². The van der Waals surface area contributed by atoms with Crippen molar-refractivity contribution in [2.45, 2.75) is 37.7 Å². The molecule has 0 aliphatic carbocycles. The van der Waals surface area contributed by atoms with Crippen molar-refractivity contribution < 1.29 is 33.3 Å². The average molecular weight is 533 g/mol. The van der Waals surface area contributed by atoms with Crippen molar-refractivity contribution in [3.63, 3.8) is 0 Å². The van der Waals surface area contributed by atoms with E-state index in [1.807, 2.05) is 11.6 Å². The summed E-state index contributed by atoms with van der Waals surface area (Å²) < 4.78 is 37.2. The number of benzene rings is 1. The first kappa shape index (κ1) is 27.0. The summed E-state index contributed by atoms with van der Waals surface area (Å²) in [5, 5.41) is 27.2. The summed E-state index contributed by atoms with van der Waals surface area (Å²) in [4.78, 5) is 26.1. The molecule has 0 saturated carbocycles. The molecule has 15 heteroatoms. The number of nitrogens with zero attached hydrogens (tertiary/aromatic N) is 7. The number of halogens is 2. The predicted octanol–water partition coefficient (Wildman–Crippen LogP) is 0.774. The molecule has 0 radical (unpaired) electrons. The quantitative estimate of drug-likeness (QED) is 0.396. The van der Waals surface area contributed by atoms with E-state index in [-0.39, 0.29) is 11.6 Å². The van der Waals surface area contributed by atoms with Crippen LogP contribution in [0, 0.1) is 11.6 Å². The lowest BCUT2D eigenvalue weighted by Gasteiger charge is -2.38. The van der Waals surface area contributed by atoms with Crippen LogP contribution in [0.5, 0.6) is 0 Å². The van der Waals surface area contributed by atoms with E-state index in [1.165, 1.54) is 6.07 Å². The average Bonchev–Trinajstić information content (AvgIpc) is 3.55. The van der Waals surface area contributed by atoms with Crippen LogP contribution >= 0.6 is 0 Å². The van der Waals surface area contributed by atoms with Gasteiger partial charge < -0.3 is 25.3 Å². The van der Waals surface area contributed by atoms with Gasteiger partial charge in [0.25, 0.3) is 0 Å². The smallest absolute Gasteiger partial charge is 0.328 e. The summed E-state index contributed by atoms with van der Waals surface area (Å²) in [6.07, 6.45) is 1.08. The molecule has 0 spiro atoms. The molecule has 202 valence electrons. The Hall–Kier alpha value is -4.08. The van der Waals surface area contributed by atoms with E-state index < -0.39 is 35.7 Å². The summed E-state index contributed by atoms with van der Waals surface area (Å²) >= 11 is 0. The van der Waals surface area contributed by atoms with E-state index in [2.05, 4.69) is 20.4 Å². The van der Waals surface area contributed by atoms with Crippen molar-refractivity contribution in [2.75, 3.05) is 6.61 Å². The topological polar surface area (TPSA) is 175 Å². The molecule has 3 atom stereocenters. The summed E-state index contributed by atoms with van der Waals surface area (Å²) in [6, 6.07) is 3.01. The fourth-order valence-corrected chi connectivity index (χ4v) is 4.52. The van der Waals surface area contributed by atoms with Gasteiger partial charge >= 0.3 is 11.9 Å². The van der Waals surface area contributed by atoms with Gasteiger partial charge in [-0.1, -0.05) is 0 Å². The third-order valence-corrected chi connectivity index (χ3v) is 6.37. The van der Waals surface area contributed by atoms with Crippen LogP contribution in [0.15, 0.2) is 30.4 Å². The predicted molar refractivity (Wildman–Crippen MR) is 126 cm³/mol. The number of hydrogen-bond donors (Lipinski definition) is 3. The molecule has 5 rings (SSSR count).